The van der Waals surface area contributed by atoms with E-state index in [-0.39, 0.29) is 17.6 Å². The number of Topliss-reactive ketones (excluding diaryl/α,β-unsaturated/α-hetero) is 2. The maximum Gasteiger partial charge on any atom is 0.415 e. The number of carbonyl (C=O) groups is 5. The van der Waals surface area contributed by atoms with E-state index in [1.54, 1.807) is 13.3 Å². The number of aliphatic hydroxyl groups is 1. The number of amides is 3. The van der Waals surface area contributed by atoms with Crippen LogP contribution < -0.4 is 16.8 Å². The lowest BCUT2D eigenvalue weighted by Crippen LogP contribution is -2.43. The lowest BCUT2D eigenvalue weighted by atomic mass is 9.73. The summed E-state index contributed by atoms with van der Waals surface area (Å²) in [6.07, 6.45) is 35.2. The minimum atomic E-state index is -2.65. The molecule has 2 aliphatic heterocycles. The van der Waals surface area contributed by atoms with E-state index in [0.29, 0.717) is 109 Å². The van der Waals surface area contributed by atoms with Crippen LogP contribution in [-0.2, 0) is 33.8 Å². The largest absolute Gasteiger partial charge is 0.432 e. The van der Waals surface area contributed by atoms with Crippen LogP contribution in [0.4, 0.5) is 4.79 Å². The van der Waals surface area contributed by atoms with E-state index in [2.05, 4.69) is 150 Å². The molecular formula is C84H150N6O9S. The summed E-state index contributed by atoms with van der Waals surface area (Å²) in [5, 5.41) is 12.1. The third-order valence-electron chi connectivity index (χ3n) is 25.3. The highest BCUT2D eigenvalue weighted by Gasteiger charge is 2.51. The topological polar surface area (TPSA) is 257 Å². The molecule has 2 saturated heterocycles. The number of ether oxygens (including phenoxy) is 1. The Morgan fingerprint density at radius 3 is 1.21 bits per heavy atom. The molecule has 0 aromatic carbocycles. The maximum absolute atomic E-state index is 11.6. The molecule has 8 fully saturated rings. The number of imide groups is 1. The molecule has 8 N–H and O–H groups in total. The third kappa shape index (κ3) is 32.0. The van der Waals surface area contributed by atoms with E-state index in [4.69, 9.17) is 16.2 Å². The Bertz CT molecular complexity index is 2610. The van der Waals surface area contributed by atoms with Crippen LogP contribution in [0.2, 0.25) is 0 Å². The Morgan fingerprint density at radius 2 is 0.910 bits per heavy atom. The van der Waals surface area contributed by atoms with Crippen molar-refractivity contribution < 1.29 is 42.2 Å². The van der Waals surface area contributed by atoms with Crippen LogP contribution in [0.25, 0.3) is 0 Å². The lowest BCUT2D eigenvalue weighted by molar-refractivity contribution is -0.139. The molecule has 10 rings (SSSR count). The Morgan fingerprint density at radius 1 is 0.540 bits per heavy atom. The average molecular weight is 1420 g/mol. The lowest BCUT2D eigenvalue weighted by Gasteiger charge is -2.35. The number of sulfone groups is 1. The second-order valence-electron chi connectivity index (χ2n) is 35.0. The zero-order chi connectivity index (χ0) is 75.2. The summed E-state index contributed by atoms with van der Waals surface area (Å²) < 4.78 is 27.2. The molecule has 1 spiro atoms. The Hall–Kier alpha value is -4.31. The Kier molecular flexibility index (Phi) is 40.0. The van der Waals surface area contributed by atoms with Gasteiger partial charge in [0, 0.05) is 47.7 Å². The normalized spacial score (nSPS) is 28.3. The van der Waals surface area contributed by atoms with Crippen LogP contribution in [0, 0.1) is 107 Å². The van der Waals surface area contributed by atoms with Gasteiger partial charge in [0.25, 0.3) is 5.91 Å². The van der Waals surface area contributed by atoms with Crippen LogP contribution in [0.3, 0.4) is 0 Å². The summed E-state index contributed by atoms with van der Waals surface area (Å²) in [4.78, 5) is 65.8. The van der Waals surface area contributed by atoms with Crippen molar-refractivity contribution in [2.24, 2.45) is 118 Å². The van der Waals surface area contributed by atoms with Gasteiger partial charge in [-0.15, -0.1) is 0 Å². The van der Waals surface area contributed by atoms with E-state index in [1.165, 1.54) is 108 Å². The fraction of sp³-hybridized carbons (Fsp3) is 0.833. The third-order valence-corrected chi connectivity index (χ3v) is 27.1. The predicted octanol–water partition coefficient (Wildman–Crippen LogP) is 19.9. The monoisotopic (exact) mass is 1420 g/mol. The summed E-state index contributed by atoms with van der Waals surface area (Å²) in [5.74, 6) is 15.3. The van der Waals surface area contributed by atoms with Gasteiger partial charge in [0.2, 0.25) is 5.91 Å². The fourth-order valence-corrected chi connectivity index (χ4v) is 18.0. The van der Waals surface area contributed by atoms with E-state index in [1.807, 2.05) is 19.3 Å². The SMILES string of the molecule is C=C(N)C1CCC(C(C)C)CC1.CC(=O)C1(O)CCC(C(C)C)CC1.CC(=O)C1CCC(C(C)C)CC1.CC(C)C1CCC(c2ccc[nH]2)CC1.CC(C)C1CCC(c2cnc[nH]2)CC1.CC(C)C1CCC2(CC1)OC(=O)NC2=O.CC(C)C1CCS(=O)(=O)CC1.CC(C)[C@@H](C)CC(N)=O. The van der Waals surface area contributed by atoms with Crippen LogP contribution in [0.15, 0.2) is 43.1 Å². The molecule has 15 nitrogen and oxygen atoms in total. The number of nitrogens with one attached hydrogen (secondary N) is 3. The molecule has 8 aliphatic rings. The van der Waals surface area contributed by atoms with Crippen LogP contribution in [0.1, 0.15) is 328 Å². The quantitative estimate of drug-likeness (QED) is 0.0977. The minimum Gasteiger partial charge on any atom is -0.432 e. The summed E-state index contributed by atoms with van der Waals surface area (Å²) in [7, 11) is -2.65. The van der Waals surface area contributed by atoms with E-state index in [0.717, 1.165) is 116 Å². The molecule has 576 valence electrons. The summed E-state index contributed by atoms with van der Waals surface area (Å²) >= 11 is 0. The Balaban J connectivity index is 0.000000299. The summed E-state index contributed by atoms with van der Waals surface area (Å²) in [6, 6.07) is 4.35. The van der Waals surface area contributed by atoms with Crippen molar-refractivity contribution in [3.05, 3.63) is 54.5 Å². The molecule has 0 bridgehead atoms. The highest BCUT2D eigenvalue weighted by atomic mass is 32.2. The second-order valence-corrected chi connectivity index (χ2v) is 37.3. The molecule has 6 aliphatic carbocycles. The van der Waals surface area contributed by atoms with Gasteiger partial charge in [-0.3, -0.25) is 24.5 Å². The van der Waals surface area contributed by atoms with Gasteiger partial charge < -0.3 is 31.3 Å². The van der Waals surface area contributed by atoms with Gasteiger partial charge in [-0.25, -0.2) is 18.2 Å². The highest BCUT2D eigenvalue weighted by Crippen LogP contribution is 2.43. The number of rotatable bonds is 15. The van der Waals surface area contributed by atoms with Gasteiger partial charge in [-0.05, 0) is 299 Å². The summed E-state index contributed by atoms with van der Waals surface area (Å²) in [6.45, 7) is 45.1. The number of aromatic nitrogens is 3. The smallest absolute Gasteiger partial charge is 0.415 e. The summed E-state index contributed by atoms with van der Waals surface area (Å²) in [5.41, 5.74) is 12.6. The van der Waals surface area contributed by atoms with E-state index < -0.39 is 27.1 Å². The molecular weight excluding hydrogens is 1270 g/mol. The maximum atomic E-state index is 11.6. The molecule has 100 heavy (non-hydrogen) atoms. The molecule has 1 atom stereocenters. The van der Waals surface area contributed by atoms with Gasteiger partial charge in [0.15, 0.2) is 11.4 Å². The first-order chi connectivity index (χ1) is 46.8. The number of nitrogens with zero attached hydrogens (tertiary/aromatic N) is 1. The van der Waals surface area contributed by atoms with Crippen molar-refractivity contribution in [2.75, 3.05) is 11.5 Å². The number of ketones is 2. The zero-order valence-electron chi connectivity index (χ0n) is 66.9. The number of primary amides is 1. The van der Waals surface area contributed by atoms with Gasteiger partial charge >= 0.3 is 6.09 Å². The number of H-pyrrole nitrogens is 2. The molecule has 4 heterocycles. The number of imidazole rings is 1. The first-order valence-electron chi connectivity index (χ1n) is 40.1. The number of hydrogen-bond acceptors (Lipinski definition) is 11. The molecule has 6 saturated carbocycles. The molecule has 16 heteroatoms. The zero-order valence-corrected chi connectivity index (χ0v) is 67.7. The number of alkyl carbamates (subject to hydrolysis) is 1. The van der Waals surface area contributed by atoms with Gasteiger partial charge in [-0.2, -0.15) is 0 Å². The number of hydrogen-bond donors (Lipinski definition) is 6. The van der Waals surface area contributed by atoms with E-state index >= 15 is 0 Å². The van der Waals surface area contributed by atoms with Crippen molar-refractivity contribution in [1.29, 1.82) is 0 Å². The Labute approximate surface area is 610 Å². The number of carbonyl (C=O) groups excluding carboxylic acids is 5. The van der Waals surface area contributed by atoms with Gasteiger partial charge in [0.05, 0.1) is 17.8 Å². The minimum absolute atomic E-state index is 0.0605. The first kappa shape index (κ1) is 89.9. The number of nitrogens with two attached hydrogens (primary N) is 2. The van der Waals surface area contributed by atoms with E-state index in [9.17, 15) is 37.5 Å². The van der Waals surface area contributed by atoms with Crippen molar-refractivity contribution >= 4 is 39.3 Å². The van der Waals surface area contributed by atoms with Crippen molar-refractivity contribution in [1.82, 2.24) is 20.3 Å². The number of aromatic amines is 2. The highest BCUT2D eigenvalue weighted by molar-refractivity contribution is 7.91. The average Bonchev–Trinajstić information content (AvgIpc) is 1.63. The second kappa shape index (κ2) is 44.5. The van der Waals surface area contributed by atoms with Crippen molar-refractivity contribution in [3.8, 4) is 0 Å². The molecule has 0 unspecified atom stereocenters. The van der Waals surface area contributed by atoms with Crippen LogP contribution >= 0.6 is 0 Å². The first-order valence-corrected chi connectivity index (χ1v) is 41.9. The predicted molar refractivity (Wildman–Crippen MR) is 414 cm³/mol. The molecule has 0 radical (unpaired) electrons. The van der Waals surface area contributed by atoms with Crippen molar-refractivity contribution in [3.63, 3.8) is 0 Å². The van der Waals surface area contributed by atoms with Crippen LogP contribution in [0.5, 0.6) is 0 Å². The molecule has 2 aromatic heterocycles. The van der Waals surface area contributed by atoms with Crippen molar-refractivity contribution in [2.45, 2.75) is 328 Å². The number of allylic oxidation sites excluding steroid dienone is 1. The molecule has 2 aromatic rings. The van der Waals surface area contributed by atoms with Crippen LogP contribution in [-0.4, -0.2) is 80.7 Å². The standard InChI is InChI=1S/C13H21N.C12H20N2.C11H17NO3.C11H21N.C11H20O2.C11H20O.C8H16O2S.C7H15NO/c1-10(2)11-5-7-12(8-6-11)13-4-3-9-14-13;1-9(2)10-3-5-11(6-4-10)12-7-13-8-14-12;1-7(2)8-3-5-11(6-4-8)9(13)12-10(14)15-11;1-8(2)10-4-6-11(7-5-10)9(3)12;1-8(2)10-4-6-11(13,7-5-10)9(3)12;1-8(2)10-4-6-11(7-5-10)9(3)12;1-7(2)8-3-5-11(9,10)6-4-8;1-5(2)6(3)4-7(8)9/h3-4,9-12,14H,5-8H2,1-2H3;7-11H,3-6H2,1-2H3,(H,13,14);7-8H,3-6H2,1-2H3,(H,12,13,14);8,10-11H,3-7,12H2,1-2H3;8,10,13H,4-7H2,1-3H3;8,10-11H,4-7H2,1-3H3;7-8H,3-6H2,1-2H3;5-6H,4H2,1-3H3,(H2,8,9)/t;;;;;;;6-/m.......0/s1. The van der Waals surface area contributed by atoms with Gasteiger partial charge in [0.1, 0.15) is 21.2 Å². The fourth-order valence-electron chi connectivity index (χ4n) is 16.5. The van der Waals surface area contributed by atoms with Gasteiger partial charge in [-0.1, -0.05) is 124 Å². The molecule has 3 amide bonds.